The Morgan fingerprint density at radius 1 is 0.768 bits per heavy atom. The van der Waals surface area contributed by atoms with Crippen LogP contribution >= 0.6 is 0 Å². The summed E-state index contributed by atoms with van der Waals surface area (Å²) >= 11 is 0. The van der Waals surface area contributed by atoms with Crippen molar-refractivity contribution in [1.29, 1.82) is 0 Å². The number of aliphatic carboxylic acids is 1. The molecule has 1 aromatic carbocycles. The summed E-state index contributed by atoms with van der Waals surface area (Å²) in [5.74, 6) is -3.17. The first-order valence-corrected chi connectivity index (χ1v) is 20.3. The summed E-state index contributed by atoms with van der Waals surface area (Å²) in [6.45, 7) is 12.9. The predicted octanol–water partition coefficient (Wildman–Crippen LogP) is 3.57. The Balaban J connectivity index is 1.65. The Labute approximate surface area is 333 Å². The number of carboxylic acids is 1. The zero-order valence-corrected chi connectivity index (χ0v) is 35.0. The molecule has 2 heterocycles. The summed E-state index contributed by atoms with van der Waals surface area (Å²) in [5.41, 5.74) is 1.23. The van der Waals surface area contributed by atoms with Crippen molar-refractivity contribution in [2.75, 3.05) is 40.8 Å². The van der Waals surface area contributed by atoms with Crippen molar-refractivity contribution >= 4 is 41.3 Å². The molecule has 0 spiro atoms. The maximum absolute atomic E-state index is 14.4. The average molecular weight is 783 g/mol. The minimum absolute atomic E-state index is 0.00561. The van der Waals surface area contributed by atoms with E-state index in [1.54, 1.807) is 41.1 Å². The third-order valence-electron chi connectivity index (χ3n) is 11.2. The lowest BCUT2D eigenvalue weighted by Gasteiger charge is -2.38. The molecule has 5 atom stereocenters. The smallest absolute Gasteiger partial charge is 0.303 e. The molecule has 3 N–H and O–H groups in total. The standard InChI is InChI=1S/C42H66N6O8/c1-26(2)31(24-34(49)36(27(3)4)45(7)8)40(54)46(9)37(28(5)6)42(56)48-23-13-15-33(48)41(55)47-22-12-14-32(47)39(53)44-25-29-17-19-30(20-18-29)38(52)43-21-11-10-16-35(50)51/h17-20,26-28,31-33,36-37H,10-16,21-25H2,1-9H3,(H,43,52)(H,44,53)(H,50,51). The van der Waals surface area contributed by atoms with E-state index >= 15 is 0 Å². The maximum Gasteiger partial charge on any atom is 0.303 e. The number of nitrogens with one attached hydrogen (secondary N) is 2. The number of amides is 5. The SMILES string of the molecule is CC(C)C(CC(=O)C(C(C)C)N(C)C)C(=O)N(C)C(C(=O)N1CCCC1C(=O)N1CCCC1C(=O)NCc1ccc(C(=O)NCCCCC(=O)O)cc1)C(C)C. The van der Waals surface area contributed by atoms with Gasteiger partial charge in [-0.2, -0.15) is 0 Å². The van der Waals surface area contributed by atoms with Crippen molar-refractivity contribution in [2.24, 2.45) is 23.7 Å². The Bertz CT molecular complexity index is 1540. The van der Waals surface area contributed by atoms with Gasteiger partial charge in [0.05, 0.1) is 6.04 Å². The first kappa shape index (κ1) is 46.1. The van der Waals surface area contributed by atoms with Crippen LogP contribution in [-0.2, 0) is 35.3 Å². The Morgan fingerprint density at radius 3 is 1.91 bits per heavy atom. The van der Waals surface area contributed by atoms with Crippen molar-refractivity contribution in [3.8, 4) is 0 Å². The summed E-state index contributed by atoms with van der Waals surface area (Å²) in [4.78, 5) is 99.2. The van der Waals surface area contributed by atoms with Gasteiger partial charge in [0.15, 0.2) is 5.78 Å². The molecule has 0 saturated carbocycles. The van der Waals surface area contributed by atoms with Crippen LogP contribution in [0.1, 0.15) is 109 Å². The molecule has 0 aliphatic carbocycles. The number of carbonyl (C=O) groups is 7. The number of carbonyl (C=O) groups excluding carboxylic acids is 6. The molecular formula is C42H66N6O8. The van der Waals surface area contributed by atoms with E-state index in [0.717, 1.165) is 5.56 Å². The Hall–Kier alpha value is -4.33. The fourth-order valence-electron chi connectivity index (χ4n) is 8.24. The van der Waals surface area contributed by atoms with Crippen LogP contribution in [0.2, 0.25) is 0 Å². The first-order chi connectivity index (χ1) is 26.4. The van der Waals surface area contributed by atoms with Crippen LogP contribution in [0.25, 0.3) is 0 Å². The second-order valence-electron chi connectivity index (χ2n) is 16.7. The number of ketones is 1. The number of rotatable bonds is 20. The Morgan fingerprint density at radius 2 is 1.36 bits per heavy atom. The molecule has 2 fully saturated rings. The predicted molar refractivity (Wildman–Crippen MR) is 213 cm³/mol. The largest absolute Gasteiger partial charge is 0.481 e. The molecule has 2 aliphatic rings. The highest BCUT2D eigenvalue weighted by Crippen LogP contribution is 2.29. The minimum atomic E-state index is -0.865. The van der Waals surface area contributed by atoms with E-state index in [0.29, 0.717) is 63.7 Å². The molecule has 14 heteroatoms. The zero-order valence-electron chi connectivity index (χ0n) is 35.0. The van der Waals surface area contributed by atoms with Crippen LogP contribution in [0.5, 0.6) is 0 Å². The van der Waals surface area contributed by atoms with Gasteiger partial charge in [0, 0.05) is 57.5 Å². The van der Waals surface area contributed by atoms with Crippen LogP contribution < -0.4 is 10.6 Å². The van der Waals surface area contributed by atoms with E-state index in [1.165, 1.54) is 4.90 Å². The maximum atomic E-state index is 14.4. The molecule has 2 aliphatic heterocycles. The number of likely N-dealkylation sites (N-methyl/N-ethyl adjacent to an activating group) is 2. The first-order valence-electron chi connectivity index (χ1n) is 20.3. The van der Waals surface area contributed by atoms with Crippen molar-refractivity contribution in [1.82, 2.24) is 30.2 Å². The second kappa shape index (κ2) is 21.3. The molecule has 1 aromatic rings. The van der Waals surface area contributed by atoms with Crippen molar-refractivity contribution in [3.63, 3.8) is 0 Å². The molecular weight excluding hydrogens is 716 g/mol. The lowest BCUT2D eigenvalue weighted by Crippen LogP contribution is -2.58. The highest BCUT2D eigenvalue weighted by atomic mass is 16.4. The van der Waals surface area contributed by atoms with Crippen LogP contribution in [-0.4, -0.2) is 131 Å². The third kappa shape index (κ3) is 12.1. The number of Topliss-reactive ketones (excluding diaryl/α,β-unsaturated/α-hetero) is 1. The van der Waals surface area contributed by atoms with Gasteiger partial charge in [-0.3, -0.25) is 38.5 Å². The van der Waals surface area contributed by atoms with Gasteiger partial charge in [-0.05, 0) is 88.1 Å². The molecule has 2 saturated heterocycles. The number of hydrogen-bond acceptors (Lipinski definition) is 8. The fraction of sp³-hybridized carbons (Fsp3) is 0.690. The minimum Gasteiger partial charge on any atom is -0.481 e. The number of benzene rings is 1. The van der Waals surface area contributed by atoms with Gasteiger partial charge >= 0.3 is 5.97 Å². The number of nitrogens with zero attached hydrogens (tertiary/aromatic N) is 4. The van der Waals surface area contributed by atoms with E-state index in [-0.39, 0.29) is 78.5 Å². The van der Waals surface area contributed by atoms with Gasteiger partial charge in [0.1, 0.15) is 18.1 Å². The van der Waals surface area contributed by atoms with Crippen LogP contribution in [0.4, 0.5) is 0 Å². The molecule has 14 nitrogen and oxygen atoms in total. The van der Waals surface area contributed by atoms with Crippen molar-refractivity contribution in [3.05, 3.63) is 35.4 Å². The van der Waals surface area contributed by atoms with Gasteiger partial charge in [0.25, 0.3) is 5.91 Å². The topological polar surface area (TPSA) is 177 Å². The van der Waals surface area contributed by atoms with E-state index in [9.17, 15) is 33.6 Å². The summed E-state index contributed by atoms with van der Waals surface area (Å²) in [6.07, 6.45) is 3.41. The van der Waals surface area contributed by atoms with Gasteiger partial charge < -0.3 is 30.4 Å². The molecule has 56 heavy (non-hydrogen) atoms. The summed E-state index contributed by atoms with van der Waals surface area (Å²) in [7, 11) is 5.35. The summed E-state index contributed by atoms with van der Waals surface area (Å²) in [6, 6.07) is 4.24. The monoisotopic (exact) mass is 782 g/mol. The molecule has 0 bridgehead atoms. The van der Waals surface area contributed by atoms with Gasteiger partial charge in [-0.1, -0.05) is 53.7 Å². The van der Waals surface area contributed by atoms with Gasteiger partial charge in [-0.15, -0.1) is 0 Å². The lowest BCUT2D eigenvalue weighted by atomic mass is 9.84. The lowest BCUT2D eigenvalue weighted by molar-refractivity contribution is -0.154. The number of carboxylic acid groups (broad SMARTS) is 1. The molecule has 5 amide bonds. The quantitative estimate of drug-likeness (QED) is 0.167. The van der Waals surface area contributed by atoms with E-state index in [1.807, 2.05) is 60.5 Å². The average Bonchev–Trinajstić information content (AvgIpc) is 3.83. The third-order valence-corrected chi connectivity index (χ3v) is 11.2. The van der Waals surface area contributed by atoms with E-state index < -0.39 is 30.0 Å². The molecule has 5 unspecified atom stereocenters. The Kier molecular flexibility index (Phi) is 17.5. The highest BCUT2D eigenvalue weighted by molar-refractivity contribution is 5.96. The normalized spacial score (nSPS) is 18.7. The fourth-order valence-corrected chi connectivity index (χ4v) is 8.24. The summed E-state index contributed by atoms with van der Waals surface area (Å²) in [5, 5.41) is 14.5. The molecule has 0 radical (unpaired) electrons. The highest BCUT2D eigenvalue weighted by Gasteiger charge is 2.45. The van der Waals surface area contributed by atoms with E-state index in [2.05, 4.69) is 10.6 Å². The van der Waals surface area contributed by atoms with Crippen LogP contribution in [0, 0.1) is 23.7 Å². The zero-order chi connectivity index (χ0) is 41.9. The molecule has 3 rings (SSSR count). The second-order valence-corrected chi connectivity index (χ2v) is 16.7. The number of hydrogen-bond donors (Lipinski definition) is 3. The number of likely N-dealkylation sites (tertiary alicyclic amines) is 2. The van der Waals surface area contributed by atoms with Crippen molar-refractivity contribution < 1.29 is 38.7 Å². The van der Waals surface area contributed by atoms with Crippen LogP contribution in [0.3, 0.4) is 0 Å². The van der Waals surface area contributed by atoms with Gasteiger partial charge in [-0.25, -0.2) is 0 Å². The summed E-state index contributed by atoms with van der Waals surface area (Å²) < 4.78 is 0. The van der Waals surface area contributed by atoms with Crippen LogP contribution in [0.15, 0.2) is 24.3 Å². The number of unbranched alkanes of at least 4 members (excludes halogenated alkanes) is 1. The van der Waals surface area contributed by atoms with Crippen molar-refractivity contribution in [2.45, 2.75) is 124 Å². The van der Waals surface area contributed by atoms with Gasteiger partial charge in [0.2, 0.25) is 23.6 Å². The molecule has 0 aromatic heterocycles. The molecule has 312 valence electrons. The van der Waals surface area contributed by atoms with E-state index in [4.69, 9.17) is 5.11 Å².